The highest BCUT2D eigenvalue weighted by molar-refractivity contribution is 5.91. The maximum absolute atomic E-state index is 13.6. The first-order valence-electron chi connectivity index (χ1n) is 11.8. The van der Waals surface area contributed by atoms with Crippen molar-refractivity contribution in [3.05, 3.63) is 94.7 Å². The first-order valence-corrected chi connectivity index (χ1v) is 11.8. The van der Waals surface area contributed by atoms with Crippen molar-refractivity contribution in [3.8, 4) is 0 Å². The molecule has 0 fully saturated rings. The topological polar surface area (TPSA) is 47.4 Å². The van der Waals surface area contributed by atoms with E-state index in [0.29, 0.717) is 12.2 Å². The highest BCUT2D eigenvalue weighted by Crippen LogP contribution is 2.30. The molecule has 0 aliphatic heterocycles. The molecule has 6 heteroatoms. The second-order valence-electron chi connectivity index (χ2n) is 9.92. The predicted molar refractivity (Wildman–Crippen MR) is 138 cm³/mol. The average molecular weight is 474 g/mol. The molecule has 5 nitrogen and oxygen atoms in total. The fourth-order valence-electron chi connectivity index (χ4n) is 4.29. The number of hydrogen-bond donors (Lipinski definition) is 0. The van der Waals surface area contributed by atoms with Crippen molar-refractivity contribution in [2.75, 3.05) is 4.90 Å². The molecule has 35 heavy (non-hydrogen) atoms. The summed E-state index contributed by atoms with van der Waals surface area (Å²) >= 11 is 0. The molecule has 182 valence electrons. The Morgan fingerprint density at radius 1 is 1.03 bits per heavy atom. The zero-order chi connectivity index (χ0) is 25.3. The molecule has 0 radical (unpaired) electrons. The third kappa shape index (κ3) is 5.21. The number of fused-ring (bicyclic) bond motifs is 1. The van der Waals surface area contributed by atoms with Crippen LogP contribution in [0.5, 0.6) is 0 Å². The minimum Gasteiger partial charge on any atom is -0.443 e. The quantitative estimate of drug-likeness (QED) is 0.311. The van der Waals surface area contributed by atoms with Crippen LogP contribution >= 0.6 is 0 Å². The lowest BCUT2D eigenvalue weighted by atomic mass is 10.1. The van der Waals surface area contributed by atoms with E-state index in [9.17, 15) is 9.18 Å². The van der Waals surface area contributed by atoms with Gasteiger partial charge in [0.15, 0.2) is 0 Å². The van der Waals surface area contributed by atoms with Crippen molar-refractivity contribution in [1.82, 2.24) is 9.55 Å². The molecule has 0 bridgehead atoms. The molecule has 0 atom stereocenters. The van der Waals surface area contributed by atoms with Crippen molar-refractivity contribution >= 4 is 22.7 Å². The number of pyridine rings is 1. The molecule has 4 aromatic rings. The van der Waals surface area contributed by atoms with Gasteiger partial charge in [-0.05, 0) is 88.6 Å². The van der Waals surface area contributed by atoms with E-state index in [1.807, 2.05) is 39.0 Å². The summed E-state index contributed by atoms with van der Waals surface area (Å²) in [5, 5.41) is 1.10. The fourth-order valence-corrected chi connectivity index (χ4v) is 4.29. The van der Waals surface area contributed by atoms with Gasteiger partial charge in [0.05, 0.1) is 17.8 Å². The Hall–Kier alpha value is -3.67. The van der Waals surface area contributed by atoms with Gasteiger partial charge in [0.2, 0.25) is 0 Å². The maximum atomic E-state index is 13.6. The number of carbonyl (C=O) groups is 1. The van der Waals surface area contributed by atoms with Crippen LogP contribution in [0.25, 0.3) is 10.9 Å². The molecule has 0 aliphatic carbocycles. The van der Waals surface area contributed by atoms with Crippen LogP contribution in [0.3, 0.4) is 0 Å². The number of amides is 1. The molecule has 0 saturated carbocycles. The van der Waals surface area contributed by atoms with E-state index in [1.54, 1.807) is 18.3 Å². The Bertz CT molecular complexity index is 1370. The number of aromatic nitrogens is 2. The number of ether oxygens (including phenoxy) is 1. The van der Waals surface area contributed by atoms with Gasteiger partial charge in [-0.15, -0.1) is 0 Å². The number of rotatable bonds is 5. The van der Waals surface area contributed by atoms with Gasteiger partial charge in [0.25, 0.3) is 0 Å². The van der Waals surface area contributed by atoms with Crippen molar-refractivity contribution in [1.29, 1.82) is 0 Å². The number of carbonyl (C=O) groups excluding carboxylic acids is 1. The van der Waals surface area contributed by atoms with E-state index in [4.69, 9.17) is 9.72 Å². The molecule has 2 aromatic heterocycles. The molecule has 0 unspecified atom stereocenters. The van der Waals surface area contributed by atoms with Crippen LogP contribution in [0.2, 0.25) is 0 Å². The van der Waals surface area contributed by atoms with Gasteiger partial charge in [-0.1, -0.05) is 24.3 Å². The Balaban J connectivity index is 1.82. The van der Waals surface area contributed by atoms with Crippen LogP contribution < -0.4 is 4.90 Å². The van der Waals surface area contributed by atoms with Crippen LogP contribution in [0, 0.1) is 26.6 Å². The summed E-state index contributed by atoms with van der Waals surface area (Å²) in [5.41, 5.74) is 6.40. The van der Waals surface area contributed by atoms with E-state index in [1.165, 1.54) is 33.7 Å². The summed E-state index contributed by atoms with van der Waals surface area (Å²) in [7, 11) is 0. The van der Waals surface area contributed by atoms with Crippen LogP contribution in [0.15, 0.2) is 60.8 Å². The van der Waals surface area contributed by atoms with Gasteiger partial charge in [0.1, 0.15) is 11.4 Å². The molecule has 2 heterocycles. The molecule has 2 aromatic carbocycles. The van der Waals surface area contributed by atoms with E-state index >= 15 is 0 Å². The Kier molecular flexibility index (Phi) is 6.66. The van der Waals surface area contributed by atoms with Gasteiger partial charge >= 0.3 is 6.09 Å². The minimum absolute atomic E-state index is 0.189. The number of benzene rings is 2. The summed E-state index contributed by atoms with van der Waals surface area (Å²) in [5.74, 6) is -0.364. The van der Waals surface area contributed by atoms with Gasteiger partial charge < -0.3 is 9.30 Å². The van der Waals surface area contributed by atoms with Gasteiger partial charge in [-0.3, -0.25) is 9.88 Å². The Labute approximate surface area is 206 Å². The summed E-state index contributed by atoms with van der Waals surface area (Å²) in [6, 6.07) is 16.2. The Morgan fingerprint density at radius 3 is 2.37 bits per heavy atom. The molecule has 0 spiro atoms. The normalized spacial score (nSPS) is 11.6. The number of anilines is 1. The first-order chi connectivity index (χ1) is 16.5. The van der Waals surface area contributed by atoms with Gasteiger partial charge in [-0.2, -0.15) is 0 Å². The van der Waals surface area contributed by atoms with Crippen molar-refractivity contribution in [2.24, 2.45) is 0 Å². The third-order valence-corrected chi connectivity index (χ3v) is 6.27. The average Bonchev–Trinajstić information content (AvgIpc) is 3.04. The zero-order valence-corrected chi connectivity index (χ0v) is 21.2. The maximum Gasteiger partial charge on any atom is 0.415 e. The molecule has 0 N–H and O–H groups in total. The molecule has 4 rings (SSSR count). The standard InChI is InChI=1S/C29H32FN3O2/c1-19-9-7-8-10-22(19)17-32-21(3)20(2)25-15-16-31-26(27(25)32)18-33(28(34)35-29(4,5)6)24-13-11-23(30)12-14-24/h7-16H,17-18H2,1-6H3. The van der Waals surface area contributed by atoms with E-state index < -0.39 is 11.7 Å². The molecular formula is C29H32FN3O2. The van der Waals surface area contributed by atoms with Crippen molar-refractivity contribution in [3.63, 3.8) is 0 Å². The lowest BCUT2D eigenvalue weighted by Gasteiger charge is -2.27. The van der Waals surface area contributed by atoms with Crippen LogP contribution in [-0.2, 0) is 17.8 Å². The highest BCUT2D eigenvalue weighted by atomic mass is 19.1. The summed E-state index contributed by atoms with van der Waals surface area (Å²) in [6.07, 6.45) is 1.27. The highest BCUT2D eigenvalue weighted by Gasteiger charge is 2.26. The van der Waals surface area contributed by atoms with Crippen LogP contribution in [0.4, 0.5) is 14.9 Å². The molecule has 0 saturated heterocycles. The van der Waals surface area contributed by atoms with E-state index in [2.05, 4.69) is 37.5 Å². The SMILES string of the molecule is Cc1ccccc1Cn1c(C)c(C)c2ccnc(CN(C(=O)OC(C)(C)C)c3ccc(F)cc3)c21. The Morgan fingerprint density at radius 2 is 1.71 bits per heavy atom. The first kappa shape index (κ1) is 24.5. The minimum atomic E-state index is -0.674. The fraction of sp³-hybridized carbons (Fsp3) is 0.310. The van der Waals surface area contributed by atoms with Crippen molar-refractivity contribution < 1.29 is 13.9 Å². The van der Waals surface area contributed by atoms with Gasteiger partial charge in [0, 0.05) is 29.5 Å². The second-order valence-corrected chi connectivity index (χ2v) is 9.92. The number of aryl methyl sites for hydroxylation is 2. The second kappa shape index (κ2) is 9.53. The largest absolute Gasteiger partial charge is 0.443 e. The summed E-state index contributed by atoms with van der Waals surface area (Å²) in [4.78, 5) is 19.5. The third-order valence-electron chi connectivity index (χ3n) is 6.27. The molecule has 0 aliphatic rings. The lowest BCUT2D eigenvalue weighted by Crippen LogP contribution is -2.36. The zero-order valence-electron chi connectivity index (χ0n) is 21.2. The van der Waals surface area contributed by atoms with E-state index in [0.717, 1.165) is 22.3 Å². The number of halogens is 1. The molecule has 1 amide bonds. The lowest BCUT2D eigenvalue weighted by molar-refractivity contribution is 0.0577. The number of hydrogen-bond acceptors (Lipinski definition) is 3. The monoisotopic (exact) mass is 473 g/mol. The molecular weight excluding hydrogens is 441 g/mol. The van der Waals surface area contributed by atoms with Crippen LogP contribution in [0.1, 0.15) is 48.8 Å². The smallest absolute Gasteiger partial charge is 0.415 e. The summed E-state index contributed by atoms with van der Waals surface area (Å²) in [6.45, 7) is 12.7. The van der Waals surface area contributed by atoms with E-state index in [-0.39, 0.29) is 12.4 Å². The van der Waals surface area contributed by atoms with Gasteiger partial charge in [-0.25, -0.2) is 9.18 Å². The van der Waals surface area contributed by atoms with Crippen molar-refractivity contribution in [2.45, 2.75) is 60.2 Å². The number of nitrogens with zero attached hydrogens (tertiary/aromatic N) is 3. The predicted octanol–water partition coefficient (Wildman–Crippen LogP) is 7.09. The van der Waals surface area contributed by atoms with Crippen LogP contribution in [-0.4, -0.2) is 21.2 Å². The summed E-state index contributed by atoms with van der Waals surface area (Å²) < 4.78 is 21.6.